The number of H-pyrrole nitrogens is 1. The first-order chi connectivity index (χ1) is 11.4. The molecule has 0 saturated carbocycles. The fourth-order valence-electron chi connectivity index (χ4n) is 2.67. The van der Waals surface area contributed by atoms with Crippen molar-refractivity contribution in [2.45, 2.75) is 25.1 Å². The summed E-state index contributed by atoms with van der Waals surface area (Å²) in [5.41, 5.74) is -1.57. The lowest BCUT2D eigenvalue weighted by atomic mass is 10.1. The Morgan fingerprint density at radius 3 is 2.83 bits per heavy atom. The van der Waals surface area contributed by atoms with Gasteiger partial charge in [0, 0.05) is 30.3 Å². The molecule has 3 rings (SSSR count). The van der Waals surface area contributed by atoms with Gasteiger partial charge in [0.15, 0.2) is 0 Å². The number of hydrogen-bond acceptors (Lipinski definition) is 3. The normalized spacial score (nSPS) is 18.0. The lowest BCUT2D eigenvalue weighted by Gasteiger charge is -2.11. The van der Waals surface area contributed by atoms with Gasteiger partial charge in [-0.05, 0) is 31.0 Å². The van der Waals surface area contributed by atoms with Crippen molar-refractivity contribution in [1.29, 1.82) is 0 Å². The third-order valence-electron chi connectivity index (χ3n) is 3.97. The maximum Gasteiger partial charge on any atom is 0.416 e. The van der Waals surface area contributed by atoms with Gasteiger partial charge in [0.25, 0.3) is 5.91 Å². The lowest BCUT2D eigenvalue weighted by Crippen LogP contribution is -2.34. The van der Waals surface area contributed by atoms with Gasteiger partial charge < -0.3 is 15.0 Å². The maximum absolute atomic E-state index is 12.7. The summed E-state index contributed by atoms with van der Waals surface area (Å²) in [6.45, 7) is 0.946. The van der Waals surface area contributed by atoms with Gasteiger partial charge in [-0.3, -0.25) is 9.59 Å². The van der Waals surface area contributed by atoms with Crippen molar-refractivity contribution >= 4 is 16.8 Å². The molecule has 0 radical (unpaired) electrons. The first kappa shape index (κ1) is 16.5. The Morgan fingerprint density at radius 1 is 1.38 bits per heavy atom. The molecule has 1 aliphatic rings. The zero-order valence-corrected chi connectivity index (χ0v) is 12.6. The van der Waals surface area contributed by atoms with Gasteiger partial charge in [-0.15, -0.1) is 0 Å². The number of fused-ring (bicyclic) bond motifs is 1. The first-order valence-corrected chi connectivity index (χ1v) is 7.49. The van der Waals surface area contributed by atoms with Crippen LogP contribution < -0.4 is 10.7 Å². The molecular formula is C16H15F3N2O3. The molecule has 1 atom stereocenters. The van der Waals surface area contributed by atoms with Crippen molar-refractivity contribution in [1.82, 2.24) is 10.3 Å². The molecule has 1 unspecified atom stereocenters. The number of halogens is 3. The molecule has 0 aliphatic carbocycles. The number of hydrogen-bond donors (Lipinski definition) is 2. The number of aromatic amines is 1. The summed E-state index contributed by atoms with van der Waals surface area (Å²) in [6, 6.07) is 2.75. The predicted molar refractivity (Wildman–Crippen MR) is 80.9 cm³/mol. The van der Waals surface area contributed by atoms with Gasteiger partial charge in [0.2, 0.25) is 5.43 Å². The number of benzene rings is 1. The topological polar surface area (TPSA) is 71.2 Å². The molecule has 1 saturated heterocycles. The smallest absolute Gasteiger partial charge is 0.376 e. The molecule has 2 heterocycles. The Morgan fingerprint density at radius 2 is 2.17 bits per heavy atom. The van der Waals surface area contributed by atoms with Crippen LogP contribution in [0.5, 0.6) is 0 Å². The summed E-state index contributed by atoms with van der Waals surface area (Å²) in [7, 11) is 0. The van der Waals surface area contributed by atoms with Crippen LogP contribution in [-0.2, 0) is 10.9 Å². The van der Waals surface area contributed by atoms with Crippen molar-refractivity contribution in [2.24, 2.45) is 0 Å². The van der Waals surface area contributed by atoms with E-state index in [0.717, 1.165) is 37.2 Å². The van der Waals surface area contributed by atoms with Crippen molar-refractivity contribution in [3.8, 4) is 0 Å². The van der Waals surface area contributed by atoms with Crippen LogP contribution in [0.1, 0.15) is 28.8 Å². The molecule has 2 aromatic rings. The highest BCUT2D eigenvalue weighted by Gasteiger charge is 2.30. The van der Waals surface area contributed by atoms with Crippen molar-refractivity contribution in [3.05, 3.63) is 45.7 Å². The summed E-state index contributed by atoms with van der Waals surface area (Å²) in [6.07, 6.45) is -1.66. The highest BCUT2D eigenvalue weighted by molar-refractivity contribution is 5.97. The lowest BCUT2D eigenvalue weighted by molar-refractivity contribution is -0.137. The Labute approximate surface area is 134 Å². The van der Waals surface area contributed by atoms with Crippen LogP contribution in [0.2, 0.25) is 0 Å². The minimum atomic E-state index is -4.50. The van der Waals surface area contributed by atoms with E-state index in [0.29, 0.717) is 13.2 Å². The Balaban J connectivity index is 1.85. The highest BCUT2D eigenvalue weighted by atomic mass is 19.4. The van der Waals surface area contributed by atoms with Crippen LogP contribution in [-0.4, -0.2) is 30.1 Å². The molecule has 128 valence electrons. The summed E-state index contributed by atoms with van der Waals surface area (Å²) >= 11 is 0. The highest BCUT2D eigenvalue weighted by Crippen LogP contribution is 2.30. The molecule has 5 nitrogen and oxygen atoms in total. The third kappa shape index (κ3) is 3.28. The fourth-order valence-corrected chi connectivity index (χ4v) is 2.67. The maximum atomic E-state index is 12.7. The Bertz CT molecular complexity index is 823. The monoisotopic (exact) mass is 340 g/mol. The molecule has 1 fully saturated rings. The standard InChI is InChI=1S/C16H15F3N2O3/c17-16(18,19)9-3-4-11-13(6-9)20-8-12(14(11)22)15(23)21-7-10-2-1-5-24-10/h3-4,6,8,10H,1-2,5,7H2,(H,20,22)(H,21,23). The molecule has 0 bridgehead atoms. The van der Waals surface area contributed by atoms with Gasteiger partial charge in [-0.25, -0.2) is 0 Å². The second kappa shape index (κ2) is 6.27. The summed E-state index contributed by atoms with van der Waals surface area (Å²) in [5.74, 6) is -0.575. The quantitative estimate of drug-likeness (QED) is 0.902. The zero-order chi connectivity index (χ0) is 17.3. The number of alkyl halides is 3. The SMILES string of the molecule is O=C(NCC1CCCO1)c1c[nH]c2cc(C(F)(F)F)ccc2c1=O. The van der Waals surface area contributed by atoms with E-state index in [-0.39, 0.29) is 22.6 Å². The van der Waals surface area contributed by atoms with Crippen molar-refractivity contribution in [3.63, 3.8) is 0 Å². The van der Waals surface area contributed by atoms with Crippen LogP contribution >= 0.6 is 0 Å². The molecule has 1 aliphatic heterocycles. The van der Waals surface area contributed by atoms with Crippen LogP contribution in [0.25, 0.3) is 10.9 Å². The molecule has 1 aromatic carbocycles. The second-order valence-electron chi connectivity index (χ2n) is 5.63. The first-order valence-electron chi connectivity index (χ1n) is 7.49. The number of pyridine rings is 1. The Hall–Kier alpha value is -2.35. The van der Waals surface area contributed by atoms with E-state index in [9.17, 15) is 22.8 Å². The van der Waals surface area contributed by atoms with Gasteiger partial charge in [-0.1, -0.05) is 0 Å². The number of carbonyl (C=O) groups excluding carboxylic acids is 1. The average Bonchev–Trinajstić information content (AvgIpc) is 3.05. The van der Waals surface area contributed by atoms with Crippen molar-refractivity contribution in [2.75, 3.05) is 13.2 Å². The van der Waals surface area contributed by atoms with E-state index < -0.39 is 23.1 Å². The zero-order valence-electron chi connectivity index (χ0n) is 12.6. The molecule has 1 amide bonds. The fraction of sp³-hybridized carbons (Fsp3) is 0.375. The van der Waals surface area contributed by atoms with Crippen LogP contribution in [0, 0.1) is 0 Å². The van der Waals surface area contributed by atoms with E-state index in [4.69, 9.17) is 4.74 Å². The number of rotatable bonds is 3. The van der Waals surface area contributed by atoms with Gasteiger partial charge in [-0.2, -0.15) is 13.2 Å². The number of nitrogens with one attached hydrogen (secondary N) is 2. The second-order valence-corrected chi connectivity index (χ2v) is 5.63. The van der Waals surface area contributed by atoms with E-state index in [1.165, 1.54) is 0 Å². The molecule has 0 spiro atoms. The predicted octanol–water partition coefficient (Wildman–Crippen LogP) is 2.46. The van der Waals surface area contributed by atoms with E-state index >= 15 is 0 Å². The Kier molecular flexibility index (Phi) is 4.31. The summed E-state index contributed by atoms with van der Waals surface area (Å²) in [5, 5.41) is 2.65. The molecule has 1 aromatic heterocycles. The van der Waals surface area contributed by atoms with Crippen LogP contribution in [0.3, 0.4) is 0 Å². The molecular weight excluding hydrogens is 325 g/mol. The number of carbonyl (C=O) groups is 1. The van der Waals surface area contributed by atoms with Gasteiger partial charge >= 0.3 is 6.18 Å². The summed E-state index contributed by atoms with van der Waals surface area (Å²) < 4.78 is 43.5. The van der Waals surface area contributed by atoms with Crippen LogP contribution in [0.4, 0.5) is 13.2 Å². The van der Waals surface area contributed by atoms with E-state index in [2.05, 4.69) is 10.3 Å². The number of amides is 1. The van der Waals surface area contributed by atoms with Gasteiger partial charge in [0.1, 0.15) is 5.56 Å². The molecule has 2 N–H and O–H groups in total. The van der Waals surface area contributed by atoms with E-state index in [1.54, 1.807) is 0 Å². The number of ether oxygens (including phenoxy) is 1. The van der Waals surface area contributed by atoms with E-state index in [1.807, 2.05) is 0 Å². The largest absolute Gasteiger partial charge is 0.416 e. The minimum Gasteiger partial charge on any atom is -0.376 e. The van der Waals surface area contributed by atoms with Crippen LogP contribution in [0.15, 0.2) is 29.2 Å². The molecule has 24 heavy (non-hydrogen) atoms. The third-order valence-corrected chi connectivity index (χ3v) is 3.97. The average molecular weight is 340 g/mol. The van der Waals surface area contributed by atoms with Crippen molar-refractivity contribution < 1.29 is 22.7 Å². The number of aromatic nitrogens is 1. The summed E-state index contributed by atoms with van der Waals surface area (Å²) in [4.78, 5) is 27.0. The molecule has 8 heteroatoms. The minimum absolute atomic E-state index is 0.0329. The van der Waals surface area contributed by atoms with Gasteiger partial charge in [0.05, 0.1) is 11.7 Å².